The zero-order valence-corrected chi connectivity index (χ0v) is 10.5. The molecule has 1 aromatic rings. The van der Waals surface area contributed by atoms with E-state index in [1.54, 1.807) is 0 Å². The molecule has 0 aliphatic heterocycles. The van der Waals surface area contributed by atoms with E-state index < -0.39 is 14.7 Å². The van der Waals surface area contributed by atoms with Gasteiger partial charge in [-0.25, -0.2) is 0 Å². The minimum atomic E-state index is -8.02. The Balaban J connectivity index is 3.27. The molecule has 5 heteroatoms. The molecule has 16 heavy (non-hydrogen) atoms. The van der Waals surface area contributed by atoms with Gasteiger partial charge >= 0.3 is 0 Å². The fourth-order valence-corrected chi connectivity index (χ4v) is 2.12. The van der Waals surface area contributed by atoms with E-state index in [-0.39, 0.29) is 11.7 Å². The van der Waals surface area contributed by atoms with Crippen molar-refractivity contribution in [2.75, 3.05) is 6.26 Å². The highest BCUT2D eigenvalue weighted by atomic mass is 32.5. The van der Waals surface area contributed by atoms with E-state index in [9.17, 15) is 15.5 Å². The van der Waals surface area contributed by atoms with E-state index >= 15 is 0 Å². The molecular formula is C11H16F4S. The molecule has 0 N–H and O–H groups in total. The molecule has 94 valence electrons. The molecule has 0 nitrogen and oxygen atoms in total. The van der Waals surface area contributed by atoms with Crippen LogP contribution in [0.15, 0.2) is 29.2 Å². The van der Waals surface area contributed by atoms with Gasteiger partial charge in [0.25, 0.3) is 0 Å². The van der Waals surface area contributed by atoms with Crippen LogP contribution in [0.5, 0.6) is 0 Å². The molecule has 0 spiro atoms. The number of benzene rings is 1. The van der Waals surface area contributed by atoms with E-state index in [2.05, 4.69) is 0 Å². The van der Waals surface area contributed by atoms with Crippen LogP contribution in [0.2, 0.25) is 0 Å². The van der Waals surface area contributed by atoms with Gasteiger partial charge in [0.1, 0.15) is 0 Å². The molecule has 0 fully saturated rings. The highest BCUT2D eigenvalue weighted by Gasteiger charge is 2.59. The predicted octanol–water partition coefficient (Wildman–Crippen LogP) is 5.39. The Morgan fingerprint density at radius 1 is 0.875 bits per heavy atom. The first kappa shape index (κ1) is 13.4. The molecule has 1 aromatic carbocycles. The molecule has 0 saturated carbocycles. The topological polar surface area (TPSA) is 0 Å². The number of hydrogen-bond acceptors (Lipinski definition) is 0. The minimum Gasteiger partial charge on any atom is -0.121 e. The predicted molar refractivity (Wildman–Crippen MR) is 61.4 cm³/mol. The Morgan fingerprint density at radius 2 is 1.25 bits per heavy atom. The standard InChI is InChI=1S/C11H16F4S/c1-11(2,3)9-5-7-10(8-6-9)16(4,12,13,14)15/h5-8H,1-4H3. The average Bonchev–Trinajstić information content (AvgIpc) is 1.99. The van der Waals surface area contributed by atoms with Crippen LogP contribution >= 0.6 is 9.84 Å². The molecule has 0 bridgehead atoms. The van der Waals surface area contributed by atoms with Crippen LogP contribution in [0, 0.1) is 0 Å². The summed E-state index contributed by atoms with van der Waals surface area (Å²) in [6.07, 6.45) is -0.258. The fourth-order valence-electron chi connectivity index (χ4n) is 1.30. The molecule has 0 unspecified atom stereocenters. The Kier molecular flexibility index (Phi) is 2.30. The van der Waals surface area contributed by atoms with Crippen molar-refractivity contribution in [3.8, 4) is 0 Å². The van der Waals surface area contributed by atoms with E-state index in [0.717, 1.165) is 17.7 Å². The van der Waals surface area contributed by atoms with Crippen LogP contribution < -0.4 is 0 Å². The van der Waals surface area contributed by atoms with Gasteiger partial charge in [-0.05, 0) is 23.1 Å². The maximum Gasteiger partial charge on any atom is 0.184 e. The van der Waals surface area contributed by atoms with Gasteiger partial charge in [-0.3, -0.25) is 0 Å². The van der Waals surface area contributed by atoms with Crippen molar-refractivity contribution >= 4 is 9.84 Å². The highest BCUT2D eigenvalue weighted by molar-refractivity contribution is 8.49. The summed E-state index contributed by atoms with van der Waals surface area (Å²) in [4.78, 5) is -1.17. The summed E-state index contributed by atoms with van der Waals surface area (Å²) in [6, 6.07) is 4.30. The van der Waals surface area contributed by atoms with Gasteiger partial charge in [0.15, 0.2) is 9.84 Å². The van der Waals surface area contributed by atoms with Crippen molar-refractivity contribution < 1.29 is 15.5 Å². The quantitative estimate of drug-likeness (QED) is 0.591. The van der Waals surface area contributed by atoms with Crippen molar-refractivity contribution in [3.63, 3.8) is 0 Å². The lowest BCUT2D eigenvalue weighted by molar-refractivity contribution is 0.457. The average molecular weight is 256 g/mol. The molecular weight excluding hydrogens is 240 g/mol. The molecule has 0 aliphatic carbocycles. The Hall–Kier alpha value is -0.710. The summed E-state index contributed by atoms with van der Waals surface area (Å²) in [6.45, 7) is 5.66. The summed E-state index contributed by atoms with van der Waals surface area (Å²) in [5.74, 6) is 0. The number of rotatable bonds is 1. The summed E-state index contributed by atoms with van der Waals surface area (Å²) >= 11 is 0. The number of halogens is 4. The van der Waals surface area contributed by atoms with Crippen LogP contribution in [0.1, 0.15) is 26.3 Å². The van der Waals surface area contributed by atoms with Crippen molar-refractivity contribution in [3.05, 3.63) is 29.8 Å². The van der Waals surface area contributed by atoms with Gasteiger partial charge in [-0.1, -0.05) is 32.9 Å². The molecule has 0 heterocycles. The van der Waals surface area contributed by atoms with Gasteiger partial charge in [0, 0.05) is 0 Å². The first-order chi connectivity index (χ1) is 6.70. The second-order valence-electron chi connectivity index (χ2n) is 5.25. The van der Waals surface area contributed by atoms with E-state index in [1.165, 1.54) is 12.1 Å². The van der Waals surface area contributed by atoms with Crippen LogP contribution in [0.4, 0.5) is 15.5 Å². The molecule has 0 radical (unpaired) electrons. The maximum atomic E-state index is 13.0. The molecule has 0 aliphatic rings. The Labute approximate surface area is 93.1 Å². The van der Waals surface area contributed by atoms with Crippen LogP contribution in [0.3, 0.4) is 0 Å². The van der Waals surface area contributed by atoms with E-state index in [1.807, 2.05) is 20.8 Å². The van der Waals surface area contributed by atoms with E-state index in [4.69, 9.17) is 0 Å². The SMILES string of the molecule is CC(C)(C)c1ccc(S(C)(F)(F)(F)F)cc1. The first-order valence-corrected chi connectivity index (χ1v) is 7.26. The molecule has 0 atom stereocenters. The Morgan fingerprint density at radius 3 is 1.50 bits per heavy atom. The monoisotopic (exact) mass is 256 g/mol. The first-order valence-electron chi connectivity index (χ1n) is 4.80. The zero-order chi connectivity index (χ0) is 12.9. The minimum absolute atomic E-state index is 0.242. The third kappa shape index (κ3) is 3.14. The van der Waals surface area contributed by atoms with Crippen LogP contribution in [-0.2, 0) is 5.41 Å². The lowest BCUT2D eigenvalue weighted by Crippen LogP contribution is -2.14. The lowest BCUT2D eigenvalue weighted by Gasteiger charge is -2.46. The van der Waals surface area contributed by atoms with Gasteiger partial charge in [0.05, 0.1) is 11.2 Å². The van der Waals surface area contributed by atoms with Gasteiger partial charge in [0.2, 0.25) is 0 Å². The van der Waals surface area contributed by atoms with Crippen molar-refractivity contribution in [2.24, 2.45) is 0 Å². The van der Waals surface area contributed by atoms with E-state index in [0.29, 0.717) is 0 Å². The Bertz CT molecular complexity index is 393. The largest absolute Gasteiger partial charge is 0.184 e. The summed E-state index contributed by atoms with van der Waals surface area (Å²) in [7, 11) is -8.02. The summed E-state index contributed by atoms with van der Waals surface area (Å²) < 4.78 is 52.2. The van der Waals surface area contributed by atoms with Gasteiger partial charge < -0.3 is 0 Å². The number of hydrogen-bond donors (Lipinski definition) is 0. The summed E-state index contributed by atoms with van der Waals surface area (Å²) in [5.41, 5.74) is 0.506. The lowest BCUT2D eigenvalue weighted by atomic mass is 9.87. The van der Waals surface area contributed by atoms with Gasteiger partial charge in [-0.15, -0.1) is 15.5 Å². The summed E-state index contributed by atoms with van der Waals surface area (Å²) in [5, 5.41) is 0. The second kappa shape index (κ2) is 2.75. The highest BCUT2D eigenvalue weighted by Crippen LogP contribution is 2.98. The zero-order valence-electron chi connectivity index (χ0n) is 9.73. The van der Waals surface area contributed by atoms with Crippen LogP contribution in [-0.4, -0.2) is 6.26 Å². The normalized spacial score (nSPS) is 17.8. The third-order valence-electron chi connectivity index (χ3n) is 2.31. The smallest absolute Gasteiger partial charge is 0.121 e. The van der Waals surface area contributed by atoms with Crippen molar-refractivity contribution in [2.45, 2.75) is 31.1 Å². The second-order valence-corrected chi connectivity index (χ2v) is 8.69. The van der Waals surface area contributed by atoms with Crippen molar-refractivity contribution in [1.29, 1.82) is 0 Å². The van der Waals surface area contributed by atoms with Crippen LogP contribution in [0.25, 0.3) is 0 Å². The molecule has 0 amide bonds. The molecule has 1 rings (SSSR count). The molecule has 0 aromatic heterocycles. The van der Waals surface area contributed by atoms with Crippen molar-refractivity contribution in [1.82, 2.24) is 0 Å². The van der Waals surface area contributed by atoms with Gasteiger partial charge in [-0.2, -0.15) is 0 Å². The fraction of sp³-hybridized carbons (Fsp3) is 0.455. The third-order valence-corrected chi connectivity index (χ3v) is 3.77. The molecule has 0 saturated heterocycles. The maximum absolute atomic E-state index is 13.0.